The van der Waals surface area contributed by atoms with E-state index < -0.39 is 0 Å². The highest BCUT2D eigenvalue weighted by atomic mass is 14.5. The van der Waals surface area contributed by atoms with Crippen molar-refractivity contribution in [1.82, 2.24) is 0 Å². The highest BCUT2D eigenvalue weighted by molar-refractivity contribution is 4.93. The molecule has 0 N–H and O–H groups in total. The minimum absolute atomic E-state index is 0.625. The Bertz CT molecular complexity index is 237. The lowest BCUT2D eigenvalue weighted by atomic mass is 9.58. The number of rotatable bonds is 11. The van der Waals surface area contributed by atoms with E-state index >= 15 is 0 Å². The van der Waals surface area contributed by atoms with Crippen molar-refractivity contribution >= 4 is 0 Å². The topological polar surface area (TPSA) is 0 Å². The van der Waals surface area contributed by atoms with Gasteiger partial charge in [0.15, 0.2) is 0 Å². The van der Waals surface area contributed by atoms with E-state index in [0.29, 0.717) is 5.41 Å². The van der Waals surface area contributed by atoms with Crippen LogP contribution in [0, 0.1) is 23.2 Å². The minimum atomic E-state index is 0.625. The third kappa shape index (κ3) is 5.29. The van der Waals surface area contributed by atoms with E-state index in [1.54, 1.807) is 0 Å². The van der Waals surface area contributed by atoms with Gasteiger partial charge in [0.25, 0.3) is 0 Å². The van der Waals surface area contributed by atoms with Crippen LogP contribution >= 0.6 is 0 Å². The molecule has 0 heterocycles. The molecule has 1 aliphatic rings. The Balaban J connectivity index is 2.45. The maximum Gasteiger partial charge on any atom is -0.0223 e. The molecule has 1 rings (SSSR count). The van der Waals surface area contributed by atoms with E-state index in [1.165, 1.54) is 77.0 Å². The van der Waals surface area contributed by atoms with Crippen LogP contribution in [0.3, 0.4) is 0 Å². The van der Waals surface area contributed by atoms with Gasteiger partial charge in [0, 0.05) is 0 Å². The van der Waals surface area contributed by atoms with Crippen molar-refractivity contribution in [3.63, 3.8) is 0 Å². The normalized spacial score (nSPS) is 17.3. The first-order valence-electron chi connectivity index (χ1n) is 10.1. The first kappa shape index (κ1) is 19.0. The monoisotopic (exact) mass is 294 g/mol. The Morgan fingerprint density at radius 1 is 0.762 bits per heavy atom. The molecule has 0 aliphatic heterocycles. The van der Waals surface area contributed by atoms with Gasteiger partial charge in [-0.15, -0.1) is 0 Å². The third-order valence-electron chi connectivity index (χ3n) is 6.48. The van der Waals surface area contributed by atoms with Crippen LogP contribution in [0.4, 0.5) is 0 Å². The van der Waals surface area contributed by atoms with Crippen LogP contribution in [0.2, 0.25) is 0 Å². The minimum Gasteiger partial charge on any atom is -0.0654 e. The predicted molar refractivity (Wildman–Crippen MR) is 96.7 cm³/mol. The summed E-state index contributed by atoms with van der Waals surface area (Å²) in [6, 6.07) is 0. The molecular formula is C21H42. The molecule has 0 aromatic heterocycles. The van der Waals surface area contributed by atoms with Gasteiger partial charge in [-0.1, -0.05) is 92.4 Å². The number of hydrogen-bond donors (Lipinski definition) is 0. The van der Waals surface area contributed by atoms with Crippen molar-refractivity contribution in [1.29, 1.82) is 0 Å². The molecule has 0 spiro atoms. The van der Waals surface area contributed by atoms with Gasteiger partial charge in [0.1, 0.15) is 0 Å². The molecule has 0 amide bonds. The van der Waals surface area contributed by atoms with Gasteiger partial charge < -0.3 is 0 Å². The molecule has 126 valence electrons. The van der Waals surface area contributed by atoms with E-state index in [9.17, 15) is 0 Å². The summed E-state index contributed by atoms with van der Waals surface area (Å²) in [6.07, 6.45) is 17.6. The third-order valence-corrected chi connectivity index (χ3v) is 6.48. The van der Waals surface area contributed by atoms with Crippen LogP contribution in [0.1, 0.15) is 112 Å². The molecule has 0 atom stereocenters. The van der Waals surface area contributed by atoms with Gasteiger partial charge in [0.05, 0.1) is 0 Å². The number of unbranched alkanes of at least 4 members (excludes halogenated alkanes) is 6. The summed E-state index contributed by atoms with van der Waals surface area (Å²) >= 11 is 0. The molecule has 1 aliphatic carbocycles. The van der Waals surface area contributed by atoms with Crippen LogP contribution in [-0.4, -0.2) is 0 Å². The van der Waals surface area contributed by atoms with Crippen molar-refractivity contribution < 1.29 is 0 Å². The Morgan fingerprint density at radius 2 is 1.24 bits per heavy atom. The standard InChI is InChI=1S/C21H42/c1-6-7-8-9-10-11-14-17-21(18(2)3,19(4)5)20-15-12-13-16-20/h18-20H,6-17H2,1-5H3. The highest BCUT2D eigenvalue weighted by Gasteiger charge is 2.44. The lowest BCUT2D eigenvalue weighted by molar-refractivity contribution is 0.0206. The average Bonchev–Trinajstić information content (AvgIpc) is 2.95. The maximum atomic E-state index is 2.50. The fourth-order valence-corrected chi connectivity index (χ4v) is 5.24. The van der Waals surface area contributed by atoms with Crippen LogP contribution in [0.15, 0.2) is 0 Å². The lowest BCUT2D eigenvalue weighted by Gasteiger charge is -2.47. The molecule has 0 bridgehead atoms. The zero-order chi connectivity index (χ0) is 15.7. The first-order chi connectivity index (χ1) is 10.1. The fraction of sp³-hybridized carbons (Fsp3) is 1.00. The summed E-state index contributed by atoms with van der Waals surface area (Å²) in [6.45, 7) is 12.3. The fourth-order valence-electron chi connectivity index (χ4n) is 5.24. The second-order valence-electron chi connectivity index (χ2n) is 8.27. The summed E-state index contributed by atoms with van der Waals surface area (Å²) in [5.74, 6) is 2.71. The van der Waals surface area contributed by atoms with Crippen molar-refractivity contribution in [2.45, 2.75) is 112 Å². The van der Waals surface area contributed by atoms with Gasteiger partial charge in [-0.2, -0.15) is 0 Å². The summed E-state index contributed by atoms with van der Waals surface area (Å²) in [5.41, 5.74) is 0.625. The van der Waals surface area contributed by atoms with Crippen molar-refractivity contribution in [3.05, 3.63) is 0 Å². The van der Waals surface area contributed by atoms with Crippen LogP contribution < -0.4 is 0 Å². The quantitative estimate of drug-likeness (QED) is 0.344. The summed E-state index contributed by atoms with van der Waals surface area (Å²) in [7, 11) is 0. The molecule has 0 heteroatoms. The van der Waals surface area contributed by atoms with E-state index in [4.69, 9.17) is 0 Å². The molecule has 0 unspecified atom stereocenters. The Hall–Kier alpha value is 0. The first-order valence-corrected chi connectivity index (χ1v) is 10.1. The summed E-state index contributed by atoms with van der Waals surface area (Å²) in [4.78, 5) is 0. The zero-order valence-electron chi connectivity index (χ0n) is 15.7. The van der Waals surface area contributed by atoms with Crippen molar-refractivity contribution in [2.24, 2.45) is 23.2 Å². The van der Waals surface area contributed by atoms with Crippen LogP contribution in [-0.2, 0) is 0 Å². The Kier molecular flexibility index (Phi) is 8.98. The molecule has 1 fully saturated rings. The molecule has 0 saturated heterocycles. The molecule has 1 saturated carbocycles. The van der Waals surface area contributed by atoms with Gasteiger partial charge >= 0.3 is 0 Å². The highest BCUT2D eigenvalue weighted by Crippen LogP contribution is 2.52. The predicted octanol–water partition coefficient (Wildman–Crippen LogP) is 7.62. The number of hydrogen-bond acceptors (Lipinski definition) is 0. The molecular weight excluding hydrogens is 252 g/mol. The van der Waals surface area contributed by atoms with E-state index in [0.717, 1.165) is 17.8 Å². The maximum absolute atomic E-state index is 2.50. The Morgan fingerprint density at radius 3 is 1.71 bits per heavy atom. The van der Waals surface area contributed by atoms with E-state index in [2.05, 4.69) is 34.6 Å². The van der Waals surface area contributed by atoms with Gasteiger partial charge in [-0.05, 0) is 42.4 Å². The van der Waals surface area contributed by atoms with Crippen LogP contribution in [0.5, 0.6) is 0 Å². The Labute approximate surface area is 135 Å². The van der Waals surface area contributed by atoms with Crippen LogP contribution in [0.25, 0.3) is 0 Å². The molecule has 21 heavy (non-hydrogen) atoms. The summed E-state index contributed by atoms with van der Waals surface area (Å²) < 4.78 is 0. The van der Waals surface area contributed by atoms with Gasteiger partial charge in [0.2, 0.25) is 0 Å². The summed E-state index contributed by atoms with van der Waals surface area (Å²) in [5, 5.41) is 0. The van der Waals surface area contributed by atoms with Gasteiger partial charge in [-0.3, -0.25) is 0 Å². The molecule has 0 aromatic carbocycles. The second kappa shape index (κ2) is 9.90. The molecule has 0 nitrogen and oxygen atoms in total. The lowest BCUT2D eigenvalue weighted by Crippen LogP contribution is -2.39. The SMILES string of the molecule is CCCCCCCCCC(C(C)C)(C(C)C)C1CCCC1. The van der Waals surface area contributed by atoms with Gasteiger partial charge in [-0.25, -0.2) is 0 Å². The molecule has 0 aromatic rings. The van der Waals surface area contributed by atoms with E-state index in [1.807, 2.05) is 0 Å². The average molecular weight is 295 g/mol. The zero-order valence-corrected chi connectivity index (χ0v) is 15.7. The van der Waals surface area contributed by atoms with Crippen molar-refractivity contribution in [2.75, 3.05) is 0 Å². The molecule has 0 radical (unpaired) electrons. The van der Waals surface area contributed by atoms with E-state index in [-0.39, 0.29) is 0 Å². The smallest absolute Gasteiger partial charge is 0.0223 e. The van der Waals surface area contributed by atoms with Crippen molar-refractivity contribution in [3.8, 4) is 0 Å². The second-order valence-corrected chi connectivity index (χ2v) is 8.27. The largest absolute Gasteiger partial charge is 0.0654 e.